The quantitative estimate of drug-likeness (QED) is 0.372. The molecule has 1 nitrogen and oxygen atoms in total. The van der Waals surface area contributed by atoms with E-state index in [-0.39, 0.29) is 24.3 Å². The summed E-state index contributed by atoms with van der Waals surface area (Å²) in [5, 5.41) is 0. The summed E-state index contributed by atoms with van der Waals surface area (Å²) in [4.78, 5) is 0. The van der Waals surface area contributed by atoms with E-state index in [4.69, 9.17) is 0 Å². The molecule has 1 aliphatic carbocycles. The van der Waals surface area contributed by atoms with Crippen LogP contribution in [0, 0.1) is 0 Å². The SMILES string of the molecule is C1CCCCC1.[Li+].[OH-]. The summed E-state index contributed by atoms with van der Waals surface area (Å²) in [6.07, 6.45) is 9.00. The summed E-state index contributed by atoms with van der Waals surface area (Å²) in [6, 6.07) is 0. The molecule has 1 rings (SSSR count). The van der Waals surface area contributed by atoms with E-state index in [1.807, 2.05) is 0 Å². The molecule has 1 aliphatic rings. The van der Waals surface area contributed by atoms with Crippen LogP contribution in [-0.2, 0) is 0 Å². The van der Waals surface area contributed by atoms with Crippen molar-refractivity contribution < 1.29 is 24.3 Å². The molecule has 0 amide bonds. The zero-order chi connectivity index (χ0) is 4.24. The van der Waals surface area contributed by atoms with Gasteiger partial charge in [0.05, 0.1) is 0 Å². The molecule has 44 valence electrons. The average Bonchev–Trinajstić information content (AvgIpc) is 1.72. The maximum absolute atomic E-state index is 1.50. The number of rotatable bonds is 0. The second-order valence-corrected chi connectivity index (χ2v) is 2.12. The van der Waals surface area contributed by atoms with Gasteiger partial charge in [0.25, 0.3) is 0 Å². The van der Waals surface area contributed by atoms with Gasteiger partial charge in [0.15, 0.2) is 0 Å². The predicted octanol–water partition coefficient (Wildman–Crippen LogP) is -0.832. The molecule has 0 unspecified atom stereocenters. The summed E-state index contributed by atoms with van der Waals surface area (Å²) in [7, 11) is 0. The van der Waals surface area contributed by atoms with Crippen LogP contribution in [0.2, 0.25) is 0 Å². The number of hydrogen-bond acceptors (Lipinski definition) is 1. The zero-order valence-corrected chi connectivity index (χ0v) is 5.69. The second-order valence-electron chi connectivity index (χ2n) is 2.12. The van der Waals surface area contributed by atoms with Crippen LogP contribution in [0.4, 0.5) is 0 Å². The normalized spacial score (nSPS) is 18.0. The molecule has 0 bridgehead atoms. The smallest absolute Gasteiger partial charge is 0.870 e. The summed E-state index contributed by atoms with van der Waals surface area (Å²) in [5.41, 5.74) is 0. The Morgan fingerprint density at radius 3 is 0.750 bits per heavy atom. The van der Waals surface area contributed by atoms with Crippen molar-refractivity contribution in [1.82, 2.24) is 0 Å². The molecule has 0 heterocycles. The Bertz CT molecular complexity index is 24.0. The van der Waals surface area contributed by atoms with Gasteiger partial charge in [-0.15, -0.1) is 0 Å². The minimum absolute atomic E-state index is 0. The van der Waals surface area contributed by atoms with E-state index in [0.717, 1.165) is 0 Å². The minimum Gasteiger partial charge on any atom is -0.870 e. The van der Waals surface area contributed by atoms with Gasteiger partial charge in [-0.3, -0.25) is 0 Å². The van der Waals surface area contributed by atoms with Gasteiger partial charge < -0.3 is 5.48 Å². The maximum atomic E-state index is 1.50. The van der Waals surface area contributed by atoms with Crippen LogP contribution in [-0.4, -0.2) is 5.48 Å². The molecule has 1 fully saturated rings. The van der Waals surface area contributed by atoms with Crippen LogP contribution in [0.5, 0.6) is 0 Å². The van der Waals surface area contributed by atoms with E-state index in [0.29, 0.717) is 0 Å². The summed E-state index contributed by atoms with van der Waals surface area (Å²) in [5.74, 6) is 0. The molecular formula is C6H13LiO. The van der Waals surface area contributed by atoms with Crippen molar-refractivity contribution >= 4 is 0 Å². The molecule has 0 saturated heterocycles. The fraction of sp³-hybridized carbons (Fsp3) is 1.00. The van der Waals surface area contributed by atoms with Crippen molar-refractivity contribution in [1.29, 1.82) is 0 Å². The van der Waals surface area contributed by atoms with E-state index < -0.39 is 0 Å². The molecule has 8 heavy (non-hydrogen) atoms. The molecular weight excluding hydrogens is 95.0 g/mol. The fourth-order valence-electron chi connectivity index (χ4n) is 1.06. The Morgan fingerprint density at radius 2 is 0.625 bits per heavy atom. The molecule has 0 atom stereocenters. The summed E-state index contributed by atoms with van der Waals surface area (Å²) in [6.45, 7) is 0. The molecule has 1 N–H and O–H groups in total. The van der Waals surface area contributed by atoms with Crippen LogP contribution in [0.1, 0.15) is 38.5 Å². The fourth-order valence-corrected chi connectivity index (χ4v) is 1.06. The Kier molecular flexibility index (Phi) is 10.7. The van der Waals surface area contributed by atoms with Crippen molar-refractivity contribution in [2.24, 2.45) is 0 Å². The van der Waals surface area contributed by atoms with Gasteiger partial charge in [-0.25, -0.2) is 0 Å². The van der Waals surface area contributed by atoms with Gasteiger partial charge >= 0.3 is 18.9 Å². The van der Waals surface area contributed by atoms with Crippen molar-refractivity contribution in [3.05, 3.63) is 0 Å². The average molecular weight is 108 g/mol. The van der Waals surface area contributed by atoms with Crippen LogP contribution in [0.3, 0.4) is 0 Å². The third-order valence-electron chi connectivity index (χ3n) is 1.50. The Morgan fingerprint density at radius 1 is 0.500 bits per heavy atom. The van der Waals surface area contributed by atoms with E-state index in [9.17, 15) is 0 Å². The Labute approximate surface area is 63.3 Å². The van der Waals surface area contributed by atoms with Gasteiger partial charge in [0.2, 0.25) is 0 Å². The van der Waals surface area contributed by atoms with E-state index in [1.165, 1.54) is 38.5 Å². The number of hydrogen-bond donors (Lipinski definition) is 0. The van der Waals surface area contributed by atoms with Crippen LogP contribution in [0.25, 0.3) is 0 Å². The van der Waals surface area contributed by atoms with Gasteiger partial charge in [-0.05, 0) is 0 Å². The van der Waals surface area contributed by atoms with Gasteiger partial charge in [0, 0.05) is 0 Å². The Hall–Kier alpha value is 0.557. The Balaban J connectivity index is 0. The monoisotopic (exact) mass is 108 g/mol. The van der Waals surface area contributed by atoms with Gasteiger partial charge in [0.1, 0.15) is 0 Å². The molecule has 0 aromatic carbocycles. The van der Waals surface area contributed by atoms with Crippen LogP contribution >= 0.6 is 0 Å². The van der Waals surface area contributed by atoms with Crippen LogP contribution in [0.15, 0.2) is 0 Å². The topological polar surface area (TPSA) is 30.0 Å². The van der Waals surface area contributed by atoms with Crippen LogP contribution < -0.4 is 18.9 Å². The molecule has 1 saturated carbocycles. The third-order valence-corrected chi connectivity index (χ3v) is 1.50. The third kappa shape index (κ3) is 4.71. The van der Waals surface area contributed by atoms with E-state index in [1.54, 1.807) is 0 Å². The standard InChI is InChI=1S/C6H12.Li.H2O/c1-2-4-6-5-3-1;;/h1-6H2;;1H2/q;+1;/p-1. The minimum atomic E-state index is 0. The first-order chi connectivity index (χ1) is 3.00. The van der Waals surface area contributed by atoms with Crippen molar-refractivity contribution in [3.63, 3.8) is 0 Å². The van der Waals surface area contributed by atoms with Gasteiger partial charge in [-0.1, -0.05) is 38.5 Å². The second kappa shape index (κ2) is 7.56. The molecule has 0 aromatic heterocycles. The maximum Gasteiger partial charge on any atom is 1.00 e. The first-order valence-corrected chi connectivity index (χ1v) is 3.00. The van der Waals surface area contributed by atoms with Crippen molar-refractivity contribution in [2.45, 2.75) is 38.5 Å². The van der Waals surface area contributed by atoms with E-state index >= 15 is 0 Å². The zero-order valence-electron chi connectivity index (χ0n) is 5.69. The summed E-state index contributed by atoms with van der Waals surface area (Å²) < 4.78 is 0. The molecule has 0 aliphatic heterocycles. The molecule has 0 radical (unpaired) electrons. The first kappa shape index (κ1) is 11.4. The van der Waals surface area contributed by atoms with Gasteiger partial charge in [-0.2, -0.15) is 0 Å². The summed E-state index contributed by atoms with van der Waals surface area (Å²) >= 11 is 0. The predicted molar refractivity (Wildman–Crippen MR) is 29.6 cm³/mol. The molecule has 2 heteroatoms. The first-order valence-electron chi connectivity index (χ1n) is 3.00. The largest absolute Gasteiger partial charge is 1.00 e. The van der Waals surface area contributed by atoms with Crippen molar-refractivity contribution in [3.8, 4) is 0 Å². The molecule has 0 aromatic rings. The molecule has 0 spiro atoms. The van der Waals surface area contributed by atoms with E-state index in [2.05, 4.69) is 0 Å². The van der Waals surface area contributed by atoms with Crippen molar-refractivity contribution in [2.75, 3.05) is 0 Å².